The Morgan fingerprint density at radius 3 is 2.55 bits per heavy atom. The van der Waals surface area contributed by atoms with Gasteiger partial charge in [0.2, 0.25) is 5.91 Å². The predicted molar refractivity (Wildman–Crippen MR) is 165 cm³/mol. The summed E-state index contributed by atoms with van der Waals surface area (Å²) < 4.78 is 25.8. The third-order valence-electron chi connectivity index (χ3n) is 6.60. The fraction of sp³-hybridized carbons (Fsp3) is 0.400. The number of aryl methyl sites for hydroxylation is 1. The topological polar surface area (TPSA) is 201 Å². The van der Waals surface area contributed by atoms with Gasteiger partial charge in [0.25, 0.3) is 5.56 Å². The summed E-state index contributed by atoms with van der Waals surface area (Å²) in [6, 6.07) is 5.95. The lowest BCUT2D eigenvalue weighted by Gasteiger charge is -2.21. The Kier molecular flexibility index (Phi) is 13.3. The average molecular weight is 616 g/mol. The number of hydrogen-bond acceptors (Lipinski definition) is 10. The molecular weight excluding hydrogens is 573 g/mol. The number of rotatable bonds is 10. The van der Waals surface area contributed by atoms with Crippen LogP contribution in [0.1, 0.15) is 56.9 Å². The summed E-state index contributed by atoms with van der Waals surface area (Å²) in [7, 11) is 0. The minimum Gasteiger partial charge on any atom is -0.450 e. The van der Waals surface area contributed by atoms with Crippen molar-refractivity contribution >= 4 is 23.0 Å². The number of carboxylic acid groups (broad SMARTS) is 1. The third-order valence-corrected chi connectivity index (χ3v) is 6.60. The maximum atomic E-state index is 14.2. The van der Waals surface area contributed by atoms with Crippen molar-refractivity contribution in [2.45, 2.75) is 67.3 Å². The molecule has 3 aromatic rings. The Morgan fingerprint density at radius 2 is 1.91 bits per heavy atom. The predicted octanol–water partition coefficient (Wildman–Crippen LogP) is 3.03. The third kappa shape index (κ3) is 8.30. The SMILES string of the molecule is CC.CC.Cc1cc2n(c(=O)c1COC(=O)O)Cc1c-2nc2cc(F)ccc2c1CN(N)/C=C(\N)C(C)OCNC(=O)CN. The molecule has 0 bridgehead atoms. The summed E-state index contributed by atoms with van der Waals surface area (Å²) in [5.41, 5.74) is 14.8. The molecule has 0 saturated heterocycles. The lowest BCUT2D eigenvalue weighted by atomic mass is 10.00. The molecular formula is C30H42FN7O6. The number of hydrazine groups is 1. The Labute approximate surface area is 255 Å². The van der Waals surface area contributed by atoms with Crippen LogP contribution >= 0.6 is 0 Å². The zero-order valence-electron chi connectivity index (χ0n) is 25.9. The maximum absolute atomic E-state index is 14.2. The van der Waals surface area contributed by atoms with E-state index in [1.807, 2.05) is 27.7 Å². The van der Waals surface area contributed by atoms with Crippen molar-refractivity contribution in [1.82, 2.24) is 19.9 Å². The molecule has 13 nitrogen and oxygen atoms in total. The van der Waals surface area contributed by atoms with Crippen LogP contribution in [0.15, 0.2) is 41.0 Å². The Morgan fingerprint density at radius 1 is 1.23 bits per heavy atom. The molecule has 0 saturated carbocycles. The van der Waals surface area contributed by atoms with Crippen molar-refractivity contribution in [3.05, 3.63) is 74.6 Å². The second-order valence-corrected chi connectivity index (χ2v) is 9.27. The number of amides is 1. The van der Waals surface area contributed by atoms with E-state index in [0.717, 1.165) is 0 Å². The number of halogens is 1. The van der Waals surface area contributed by atoms with Crippen LogP contribution < -0.4 is 28.2 Å². The zero-order chi connectivity index (χ0) is 33.1. The second-order valence-electron chi connectivity index (χ2n) is 9.27. The number of hydrogen-bond donors (Lipinski definition) is 5. The summed E-state index contributed by atoms with van der Waals surface area (Å²) in [6.07, 6.45) is -0.590. The zero-order valence-corrected chi connectivity index (χ0v) is 25.9. The Bertz CT molecular complexity index is 1570. The van der Waals surface area contributed by atoms with E-state index in [4.69, 9.17) is 27.2 Å². The molecule has 0 radical (unpaired) electrons. The summed E-state index contributed by atoms with van der Waals surface area (Å²) in [6.45, 7) is 11.0. The number of nitrogens with two attached hydrogens (primary N) is 3. The first-order valence-corrected chi connectivity index (χ1v) is 14.3. The smallest absolute Gasteiger partial charge is 0.450 e. The van der Waals surface area contributed by atoms with E-state index >= 15 is 0 Å². The normalized spacial score (nSPS) is 12.2. The highest BCUT2D eigenvalue weighted by Crippen LogP contribution is 2.36. The lowest BCUT2D eigenvalue weighted by molar-refractivity contribution is -0.121. The molecule has 4 rings (SSSR count). The summed E-state index contributed by atoms with van der Waals surface area (Å²) in [5, 5.41) is 13.4. The molecule has 240 valence electrons. The van der Waals surface area contributed by atoms with E-state index in [1.165, 1.54) is 27.9 Å². The molecule has 14 heteroatoms. The van der Waals surface area contributed by atoms with E-state index in [2.05, 4.69) is 15.0 Å². The van der Waals surface area contributed by atoms with Crippen molar-refractivity contribution in [1.29, 1.82) is 0 Å². The van der Waals surface area contributed by atoms with Crippen molar-refractivity contribution in [3.8, 4) is 11.4 Å². The summed E-state index contributed by atoms with van der Waals surface area (Å²) in [5.74, 6) is 5.46. The highest BCUT2D eigenvalue weighted by Gasteiger charge is 2.28. The number of pyridine rings is 2. The van der Waals surface area contributed by atoms with Crippen LogP contribution in [0, 0.1) is 12.7 Å². The average Bonchev–Trinajstić information content (AvgIpc) is 3.36. The molecule has 1 unspecified atom stereocenters. The maximum Gasteiger partial charge on any atom is 0.506 e. The van der Waals surface area contributed by atoms with Crippen LogP contribution in [-0.2, 0) is 34.0 Å². The number of carbonyl (C=O) groups excluding carboxylic acids is 1. The first-order chi connectivity index (χ1) is 21.0. The Balaban J connectivity index is 0.00000162. The van der Waals surface area contributed by atoms with E-state index < -0.39 is 23.6 Å². The van der Waals surface area contributed by atoms with Gasteiger partial charge in [-0.15, -0.1) is 0 Å². The van der Waals surface area contributed by atoms with E-state index in [9.17, 15) is 18.8 Å². The highest BCUT2D eigenvalue weighted by molar-refractivity contribution is 5.88. The summed E-state index contributed by atoms with van der Waals surface area (Å²) in [4.78, 5) is 40.2. The van der Waals surface area contributed by atoms with Crippen LogP contribution in [0.3, 0.4) is 0 Å². The molecule has 8 N–H and O–H groups in total. The van der Waals surface area contributed by atoms with E-state index in [-0.39, 0.29) is 50.1 Å². The number of nitrogens with one attached hydrogen (secondary N) is 1. The quantitative estimate of drug-likeness (QED) is 0.0760. The largest absolute Gasteiger partial charge is 0.506 e. The van der Waals surface area contributed by atoms with E-state index in [0.29, 0.717) is 39.0 Å². The van der Waals surface area contributed by atoms with Gasteiger partial charge in [0.05, 0.1) is 53.9 Å². The van der Waals surface area contributed by atoms with Crippen LogP contribution in [0.2, 0.25) is 0 Å². The lowest BCUT2D eigenvalue weighted by Crippen LogP contribution is -2.35. The van der Waals surface area contributed by atoms with Gasteiger partial charge in [-0.25, -0.2) is 20.0 Å². The van der Waals surface area contributed by atoms with Gasteiger partial charge >= 0.3 is 6.16 Å². The number of ether oxygens (including phenoxy) is 2. The van der Waals surface area contributed by atoms with Crippen molar-refractivity contribution in [2.24, 2.45) is 17.3 Å². The van der Waals surface area contributed by atoms with Crippen LogP contribution in [-0.4, -0.2) is 51.1 Å². The Hall–Kier alpha value is -4.53. The fourth-order valence-corrected chi connectivity index (χ4v) is 4.48. The minimum atomic E-state index is -1.49. The molecule has 0 fully saturated rings. The molecule has 1 atom stereocenters. The van der Waals surface area contributed by atoms with Gasteiger partial charge in [0.1, 0.15) is 19.2 Å². The van der Waals surface area contributed by atoms with Crippen LogP contribution in [0.25, 0.3) is 22.3 Å². The van der Waals surface area contributed by atoms with Crippen LogP contribution in [0.5, 0.6) is 0 Å². The number of nitrogens with zero attached hydrogens (tertiary/aromatic N) is 3. The molecule has 44 heavy (non-hydrogen) atoms. The van der Waals surface area contributed by atoms with Gasteiger partial charge in [0.15, 0.2) is 0 Å². The van der Waals surface area contributed by atoms with Gasteiger partial charge in [-0.1, -0.05) is 27.7 Å². The van der Waals surface area contributed by atoms with Crippen molar-refractivity contribution < 1.29 is 28.6 Å². The molecule has 3 heterocycles. The first kappa shape index (κ1) is 35.7. The molecule has 0 aliphatic carbocycles. The molecule has 2 aromatic heterocycles. The monoisotopic (exact) mass is 615 g/mol. The first-order valence-electron chi connectivity index (χ1n) is 14.3. The van der Waals surface area contributed by atoms with Gasteiger partial charge in [-0.05, 0) is 43.2 Å². The number of fused-ring (bicyclic) bond motifs is 4. The molecule has 1 aliphatic rings. The van der Waals surface area contributed by atoms with Gasteiger partial charge in [-0.2, -0.15) is 0 Å². The van der Waals surface area contributed by atoms with Gasteiger partial charge < -0.3 is 40.9 Å². The standard InChI is InChI=1S/C26H30FN7O6.2C2H6/c1-13-5-22-24-18(9-34(22)25(36)19(13)11-39-26(37)38)17(16-4-3-15(27)6-21(16)32-24)8-33(30)10-20(29)14(2)40-12-31-23(35)7-28;2*1-2/h3-6,10,14H,7-9,11-12,28-30H2,1-2H3,(H,31,35)(H,37,38);2*1-2H3/b20-10-;;. The van der Waals surface area contributed by atoms with E-state index in [1.54, 1.807) is 26.0 Å². The summed E-state index contributed by atoms with van der Waals surface area (Å²) >= 11 is 0. The molecule has 1 amide bonds. The second kappa shape index (κ2) is 16.4. The molecule has 1 aliphatic heterocycles. The number of carbonyl (C=O) groups is 2. The highest BCUT2D eigenvalue weighted by atomic mass is 19.1. The van der Waals surface area contributed by atoms with Gasteiger partial charge in [0, 0.05) is 23.2 Å². The van der Waals surface area contributed by atoms with Gasteiger partial charge in [-0.3, -0.25) is 9.59 Å². The number of aromatic nitrogens is 2. The van der Waals surface area contributed by atoms with Crippen molar-refractivity contribution in [3.63, 3.8) is 0 Å². The van der Waals surface area contributed by atoms with Crippen molar-refractivity contribution in [2.75, 3.05) is 13.3 Å². The molecule has 1 aromatic carbocycles. The van der Waals surface area contributed by atoms with Crippen LogP contribution in [0.4, 0.5) is 9.18 Å². The molecule has 0 spiro atoms. The minimum absolute atomic E-state index is 0.0870. The number of benzene rings is 1. The fourth-order valence-electron chi connectivity index (χ4n) is 4.48.